The Labute approximate surface area is 400 Å². The number of phenols is 1. The average molecular weight is 870 g/mol. The van der Waals surface area contributed by atoms with Gasteiger partial charge in [0.25, 0.3) is 0 Å². The lowest BCUT2D eigenvalue weighted by Gasteiger charge is -2.22. The summed E-state index contributed by atoms with van der Waals surface area (Å²) >= 11 is 0. The van der Waals surface area contributed by atoms with Crippen molar-refractivity contribution < 1.29 is 13.3 Å². The number of imidazole rings is 1. The van der Waals surface area contributed by atoms with Crippen LogP contribution in [0.25, 0.3) is 83.9 Å². The summed E-state index contributed by atoms with van der Waals surface area (Å²) in [5.41, 5.74) is 13.9. The normalized spacial score (nSPS) is 14.0. The maximum atomic E-state index is 11.9. The monoisotopic (exact) mass is 870 g/mol. The van der Waals surface area contributed by atoms with E-state index in [4.69, 9.17) is 18.2 Å². The summed E-state index contributed by atoms with van der Waals surface area (Å²) in [5, 5.41) is 11.9. The molecular weight excluding hydrogens is 803 g/mol. The van der Waals surface area contributed by atoms with Crippen molar-refractivity contribution >= 4 is 11.0 Å². The first-order valence-electron chi connectivity index (χ1n) is 25.7. The number of fused-ring (bicyclic) bond motifs is 1. The van der Waals surface area contributed by atoms with Gasteiger partial charge in [0.15, 0.2) is 0 Å². The maximum absolute atomic E-state index is 11.9. The van der Waals surface area contributed by atoms with E-state index in [9.17, 15) is 5.11 Å². The van der Waals surface area contributed by atoms with Crippen LogP contribution >= 0.6 is 0 Å². The third kappa shape index (κ3) is 8.61. The van der Waals surface area contributed by atoms with Crippen LogP contribution in [0.5, 0.6) is 5.75 Å². The Bertz CT molecular complexity index is 3480. The first-order valence-corrected chi connectivity index (χ1v) is 22.7. The number of para-hydroxylation sites is 1. The first kappa shape index (κ1) is 37.2. The number of aromatic hydroxyl groups is 1. The molecule has 0 saturated carbocycles. The quantitative estimate of drug-likeness (QED) is 0.174. The van der Waals surface area contributed by atoms with Gasteiger partial charge in [-0.15, -0.1) is 0 Å². The zero-order chi connectivity index (χ0) is 51.7. The zero-order valence-corrected chi connectivity index (χ0v) is 39.4. The lowest BCUT2D eigenvalue weighted by Crippen LogP contribution is -2.11. The number of benzene rings is 7. The van der Waals surface area contributed by atoms with Gasteiger partial charge in [-0.3, -0.25) is 9.55 Å². The Morgan fingerprint density at radius 1 is 0.470 bits per heavy atom. The van der Waals surface area contributed by atoms with Gasteiger partial charge in [-0.05, 0) is 140 Å². The fraction of sp³-hybridized carbons (Fsp3) is 0.226. The van der Waals surface area contributed by atoms with Crippen LogP contribution in [0.4, 0.5) is 0 Å². The Morgan fingerprint density at radius 2 is 1.14 bits per heavy atom. The largest absolute Gasteiger partial charge is 0.507 e. The Kier molecular flexibility index (Phi) is 9.44. The van der Waals surface area contributed by atoms with Crippen molar-refractivity contribution in [1.29, 1.82) is 0 Å². The molecule has 0 aliphatic carbocycles. The second-order valence-electron chi connectivity index (χ2n) is 20.6. The minimum Gasteiger partial charge on any atom is -0.507 e. The lowest BCUT2D eigenvalue weighted by molar-refractivity contribution is 0.475. The molecule has 0 atom stereocenters. The van der Waals surface area contributed by atoms with E-state index in [0.29, 0.717) is 28.2 Å². The second-order valence-corrected chi connectivity index (χ2v) is 20.6. The minimum absolute atomic E-state index is 0.0463. The van der Waals surface area contributed by atoms with Gasteiger partial charge >= 0.3 is 0 Å². The SMILES string of the molecule is [2H]C([2H])([2H])c1ccc(-c2ccnc(-c3cc(-c4cccc5c4nc(-c4cc(C(C)(C)C)ccc4O)n5-c4cc(C([2H])([2H])[2H])c(-c5ccc(C(C)(C)C)cc5)cc4-c4ccccc4)cc(C(C)(C)C)c3)c2)cc1. The molecule has 0 amide bonds. The summed E-state index contributed by atoms with van der Waals surface area (Å²) in [5.74, 6) is 0.507. The fourth-order valence-electron chi connectivity index (χ4n) is 8.74. The number of nitrogens with zero attached hydrogens (tertiary/aromatic N) is 3. The highest BCUT2D eigenvalue weighted by Gasteiger charge is 2.26. The van der Waals surface area contributed by atoms with Gasteiger partial charge < -0.3 is 5.11 Å². The van der Waals surface area contributed by atoms with Crippen molar-refractivity contribution in [2.24, 2.45) is 0 Å². The van der Waals surface area contributed by atoms with Crippen molar-refractivity contribution in [3.63, 3.8) is 0 Å². The molecular formula is C62H61N3O. The summed E-state index contributed by atoms with van der Waals surface area (Å²) in [6, 6.07) is 51.2. The average Bonchev–Trinajstić information content (AvgIpc) is 3.72. The van der Waals surface area contributed by atoms with E-state index < -0.39 is 13.7 Å². The van der Waals surface area contributed by atoms with E-state index in [-0.39, 0.29) is 33.1 Å². The summed E-state index contributed by atoms with van der Waals surface area (Å²) in [6.07, 6.45) is 1.78. The van der Waals surface area contributed by atoms with E-state index in [0.717, 1.165) is 72.4 Å². The Balaban J connectivity index is 1.33. The van der Waals surface area contributed by atoms with Gasteiger partial charge in [-0.1, -0.05) is 171 Å². The van der Waals surface area contributed by atoms with Crippen LogP contribution in [-0.2, 0) is 16.2 Å². The first-order chi connectivity index (χ1) is 33.8. The molecule has 0 saturated heterocycles. The number of rotatable bonds is 7. The summed E-state index contributed by atoms with van der Waals surface area (Å²) in [4.78, 5) is 10.4. The van der Waals surface area contributed by atoms with Crippen LogP contribution in [0, 0.1) is 13.7 Å². The predicted octanol–water partition coefficient (Wildman–Crippen LogP) is 16.6. The van der Waals surface area contributed by atoms with E-state index >= 15 is 0 Å². The van der Waals surface area contributed by atoms with Gasteiger partial charge in [-0.25, -0.2) is 4.98 Å². The van der Waals surface area contributed by atoms with Crippen LogP contribution in [0.3, 0.4) is 0 Å². The summed E-state index contributed by atoms with van der Waals surface area (Å²) in [7, 11) is 0. The number of pyridine rings is 1. The molecule has 0 bridgehead atoms. The number of phenolic OH excluding ortho intramolecular Hbond substituents is 1. The van der Waals surface area contributed by atoms with Gasteiger partial charge in [0.1, 0.15) is 11.6 Å². The molecule has 0 aliphatic heterocycles. The predicted molar refractivity (Wildman–Crippen MR) is 279 cm³/mol. The van der Waals surface area contributed by atoms with Crippen LogP contribution in [-0.4, -0.2) is 19.6 Å². The van der Waals surface area contributed by atoms with E-state index in [2.05, 4.69) is 98.7 Å². The minimum atomic E-state index is -2.51. The van der Waals surface area contributed by atoms with Gasteiger partial charge in [-0.2, -0.15) is 0 Å². The number of hydrogen-bond acceptors (Lipinski definition) is 3. The molecule has 0 spiro atoms. The molecule has 7 aromatic carbocycles. The topological polar surface area (TPSA) is 50.9 Å². The van der Waals surface area contributed by atoms with Gasteiger partial charge in [0.05, 0.1) is 28.0 Å². The zero-order valence-electron chi connectivity index (χ0n) is 45.4. The molecule has 9 rings (SSSR count). The standard InChI is InChI=1S/C62H61N3O/c1-39-20-22-41(23-21-39)44-30-31-63-54(36-44)46-33-45(34-49(35-46)62(9,10)11)50-18-15-19-55-58(50)64-59(53-37-48(61(6,7)8)28-29-57(53)66)65(55)56-32-40(2)51(38-52(56)42-16-13-12-14-17-42)43-24-26-47(27-25-43)60(3,4)5/h12-38,66H,1-11H3/i1D3,2D3. The highest BCUT2D eigenvalue weighted by molar-refractivity contribution is 5.98. The molecule has 1 N–H and O–H groups in total. The molecule has 0 fully saturated rings. The smallest absolute Gasteiger partial charge is 0.149 e. The molecule has 0 unspecified atom stereocenters. The third-order valence-corrected chi connectivity index (χ3v) is 12.7. The van der Waals surface area contributed by atoms with Gasteiger partial charge in [0, 0.05) is 31.1 Å². The van der Waals surface area contributed by atoms with Gasteiger partial charge in [0.2, 0.25) is 0 Å². The van der Waals surface area contributed by atoms with Crippen molar-refractivity contribution in [1.82, 2.24) is 14.5 Å². The third-order valence-electron chi connectivity index (χ3n) is 12.7. The van der Waals surface area contributed by atoms with Crippen molar-refractivity contribution in [3.8, 4) is 78.6 Å². The summed E-state index contributed by atoms with van der Waals surface area (Å²) < 4.78 is 52.8. The number of hydrogen-bond donors (Lipinski definition) is 1. The molecule has 9 aromatic rings. The highest BCUT2D eigenvalue weighted by atomic mass is 16.3. The van der Waals surface area contributed by atoms with Crippen molar-refractivity contribution in [2.75, 3.05) is 0 Å². The fourth-order valence-corrected chi connectivity index (χ4v) is 8.74. The van der Waals surface area contributed by atoms with E-state index in [1.807, 2.05) is 102 Å². The molecule has 2 aromatic heterocycles. The van der Waals surface area contributed by atoms with E-state index in [1.165, 1.54) is 0 Å². The second kappa shape index (κ2) is 16.7. The van der Waals surface area contributed by atoms with Crippen molar-refractivity contribution in [3.05, 3.63) is 192 Å². The molecule has 4 heteroatoms. The highest BCUT2D eigenvalue weighted by Crippen LogP contribution is 2.44. The molecule has 4 nitrogen and oxygen atoms in total. The molecule has 330 valence electrons. The van der Waals surface area contributed by atoms with Crippen LogP contribution in [0.1, 0.15) is 98.4 Å². The Hall–Kier alpha value is -7.04. The maximum Gasteiger partial charge on any atom is 0.149 e. The number of aromatic nitrogens is 3. The number of aryl methyl sites for hydroxylation is 2. The molecule has 0 radical (unpaired) electrons. The lowest BCUT2D eigenvalue weighted by atomic mass is 9.83. The van der Waals surface area contributed by atoms with Crippen molar-refractivity contribution in [2.45, 2.75) is 92.3 Å². The van der Waals surface area contributed by atoms with Crippen LogP contribution < -0.4 is 0 Å². The summed E-state index contributed by atoms with van der Waals surface area (Å²) in [6.45, 7) is 14.7. The molecule has 0 aliphatic rings. The van der Waals surface area contributed by atoms with Crippen LogP contribution in [0.15, 0.2) is 164 Å². The van der Waals surface area contributed by atoms with Crippen LogP contribution in [0.2, 0.25) is 0 Å². The molecule has 66 heavy (non-hydrogen) atoms. The Morgan fingerprint density at radius 3 is 1.82 bits per heavy atom. The molecule has 2 heterocycles. The van der Waals surface area contributed by atoms with E-state index in [1.54, 1.807) is 30.5 Å².